The van der Waals surface area contributed by atoms with E-state index >= 15 is 0 Å². The molecule has 82 valence electrons. The van der Waals surface area contributed by atoms with Crippen molar-refractivity contribution in [2.45, 2.75) is 25.9 Å². The Kier molecular flexibility index (Phi) is 3.84. The van der Waals surface area contributed by atoms with Gasteiger partial charge in [-0.1, -0.05) is 42.1 Å². The highest BCUT2D eigenvalue weighted by Crippen LogP contribution is 2.32. The Hall–Kier alpha value is -0.310. The number of pyridine rings is 1. The summed E-state index contributed by atoms with van der Waals surface area (Å²) in [5, 5.41) is 0.857. The monoisotopic (exact) mass is 245 g/mol. The zero-order valence-corrected chi connectivity index (χ0v) is 9.89. The molecule has 4 heteroatoms. The Morgan fingerprint density at radius 1 is 1.33 bits per heavy atom. The average Bonchev–Trinajstić information content (AvgIpc) is 2.99. The summed E-state index contributed by atoms with van der Waals surface area (Å²) in [4.78, 5) is 3.95. The number of nitrogens with zero attached hydrogens (tertiary/aromatic N) is 1. The van der Waals surface area contributed by atoms with Crippen molar-refractivity contribution in [3.63, 3.8) is 0 Å². The summed E-state index contributed by atoms with van der Waals surface area (Å²) < 4.78 is 5.52. The molecule has 15 heavy (non-hydrogen) atoms. The first kappa shape index (κ1) is 11.2. The quantitative estimate of drug-likeness (QED) is 0.583. The number of hydrogen-bond donors (Lipinski definition) is 0. The first-order chi connectivity index (χ1) is 7.25. The molecule has 0 spiro atoms. The molecule has 0 aliphatic heterocycles. The van der Waals surface area contributed by atoms with Gasteiger partial charge in [0.25, 0.3) is 0 Å². The van der Waals surface area contributed by atoms with Gasteiger partial charge in [0.15, 0.2) is 0 Å². The van der Waals surface area contributed by atoms with Crippen LogP contribution in [0, 0.1) is 5.92 Å². The third-order valence-corrected chi connectivity index (χ3v) is 3.05. The fourth-order valence-corrected chi connectivity index (χ4v) is 1.79. The highest BCUT2D eigenvalue weighted by atomic mass is 35.5. The number of rotatable bonds is 5. The number of aromatic nitrogens is 1. The Morgan fingerprint density at radius 3 is 2.80 bits per heavy atom. The third kappa shape index (κ3) is 3.63. The zero-order chi connectivity index (χ0) is 10.7. The molecular formula is C11H13Cl2NO. The molecule has 0 aromatic carbocycles. The van der Waals surface area contributed by atoms with Gasteiger partial charge < -0.3 is 4.74 Å². The molecule has 0 bridgehead atoms. The van der Waals surface area contributed by atoms with E-state index in [1.54, 1.807) is 6.07 Å². The van der Waals surface area contributed by atoms with Crippen LogP contribution in [0.4, 0.5) is 0 Å². The van der Waals surface area contributed by atoms with Gasteiger partial charge in [0.1, 0.15) is 10.3 Å². The van der Waals surface area contributed by atoms with E-state index < -0.39 is 0 Å². The standard InChI is InChI=1S/C11H13Cl2NO/c12-10-4-3-9(11(13)14-10)7-15-6-5-8-1-2-8/h3-4,8H,1-2,5-7H2. The Morgan fingerprint density at radius 2 is 2.13 bits per heavy atom. The number of ether oxygens (including phenoxy) is 1. The molecule has 1 fully saturated rings. The zero-order valence-electron chi connectivity index (χ0n) is 8.38. The average molecular weight is 246 g/mol. The van der Waals surface area contributed by atoms with Crippen LogP contribution in [0.2, 0.25) is 10.3 Å². The van der Waals surface area contributed by atoms with Crippen molar-refractivity contribution in [3.8, 4) is 0 Å². The van der Waals surface area contributed by atoms with Crippen molar-refractivity contribution in [2.75, 3.05) is 6.61 Å². The normalized spacial score (nSPS) is 15.6. The molecule has 0 atom stereocenters. The molecule has 2 rings (SSSR count). The lowest BCUT2D eigenvalue weighted by molar-refractivity contribution is 0.115. The van der Waals surface area contributed by atoms with E-state index in [2.05, 4.69) is 4.98 Å². The van der Waals surface area contributed by atoms with Crippen molar-refractivity contribution in [1.82, 2.24) is 4.98 Å². The second-order valence-electron chi connectivity index (χ2n) is 3.87. The SMILES string of the molecule is Clc1ccc(COCCC2CC2)c(Cl)n1. The molecule has 0 unspecified atom stereocenters. The molecule has 0 radical (unpaired) electrons. The number of hydrogen-bond acceptors (Lipinski definition) is 2. The minimum absolute atomic E-state index is 0.418. The van der Waals surface area contributed by atoms with E-state index in [4.69, 9.17) is 27.9 Å². The van der Waals surface area contributed by atoms with Crippen LogP contribution in [0.1, 0.15) is 24.8 Å². The molecule has 1 aliphatic rings. The van der Waals surface area contributed by atoms with Crippen LogP contribution < -0.4 is 0 Å². The van der Waals surface area contributed by atoms with Crippen LogP contribution in [-0.2, 0) is 11.3 Å². The van der Waals surface area contributed by atoms with E-state index in [9.17, 15) is 0 Å². The highest BCUT2D eigenvalue weighted by Gasteiger charge is 2.20. The molecular weight excluding hydrogens is 233 g/mol. The Bertz CT molecular complexity index is 339. The highest BCUT2D eigenvalue weighted by molar-refractivity contribution is 6.32. The fraction of sp³-hybridized carbons (Fsp3) is 0.545. The van der Waals surface area contributed by atoms with E-state index in [0.717, 1.165) is 18.1 Å². The van der Waals surface area contributed by atoms with Gasteiger partial charge in [-0.05, 0) is 18.4 Å². The Balaban J connectivity index is 1.76. The van der Waals surface area contributed by atoms with Gasteiger partial charge in [-0.2, -0.15) is 0 Å². The van der Waals surface area contributed by atoms with E-state index in [1.165, 1.54) is 19.3 Å². The van der Waals surface area contributed by atoms with E-state index in [0.29, 0.717) is 16.9 Å². The maximum absolute atomic E-state index is 5.91. The summed E-state index contributed by atoms with van der Waals surface area (Å²) in [6.07, 6.45) is 3.90. The van der Waals surface area contributed by atoms with Crippen molar-refractivity contribution < 1.29 is 4.74 Å². The van der Waals surface area contributed by atoms with Crippen molar-refractivity contribution >= 4 is 23.2 Å². The lowest BCUT2D eigenvalue weighted by Gasteiger charge is -2.05. The fourth-order valence-electron chi connectivity index (χ4n) is 1.39. The van der Waals surface area contributed by atoms with Gasteiger partial charge in [0.2, 0.25) is 0 Å². The second kappa shape index (κ2) is 5.15. The van der Waals surface area contributed by atoms with Gasteiger partial charge in [-0.25, -0.2) is 4.98 Å². The molecule has 0 amide bonds. The topological polar surface area (TPSA) is 22.1 Å². The first-order valence-corrected chi connectivity index (χ1v) is 5.90. The summed E-state index contributed by atoms with van der Waals surface area (Å²) in [5.74, 6) is 0.906. The Labute approximate surface area is 99.6 Å². The predicted molar refractivity (Wildman–Crippen MR) is 61.3 cm³/mol. The lowest BCUT2D eigenvalue weighted by Crippen LogP contribution is -1.98. The lowest BCUT2D eigenvalue weighted by atomic mass is 10.3. The minimum Gasteiger partial charge on any atom is -0.377 e. The summed E-state index contributed by atoms with van der Waals surface area (Å²) in [7, 11) is 0. The smallest absolute Gasteiger partial charge is 0.136 e. The van der Waals surface area contributed by atoms with Crippen LogP contribution in [0.3, 0.4) is 0 Å². The van der Waals surface area contributed by atoms with Crippen LogP contribution in [0.15, 0.2) is 12.1 Å². The largest absolute Gasteiger partial charge is 0.377 e. The number of halogens is 2. The second-order valence-corrected chi connectivity index (χ2v) is 4.61. The van der Waals surface area contributed by atoms with E-state index in [-0.39, 0.29) is 0 Å². The van der Waals surface area contributed by atoms with Crippen molar-refractivity contribution in [1.29, 1.82) is 0 Å². The van der Waals surface area contributed by atoms with Crippen LogP contribution in [-0.4, -0.2) is 11.6 Å². The molecule has 1 saturated carbocycles. The van der Waals surface area contributed by atoms with Crippen LogP contribution in [0.5, 0.6) is 0 Å². The van der Waals surface area contributed by atoms with Gasteiger partial charge in [0, 0.05) is 12.2 Å². The molecule has 1 aromatic heterocycles. The van der Waals surface area contributed by atoms with Gasteiger partial charge in [-0.15, -0.1) is 0 Å². The molecule has 1 aliphatic carbocycles. The van der Waals surface area contributed by atoms with E-state index in [1.807, 2.05) is 6.07 Å². The van der Waals surface area contributed by atoms with Crippen molar-refractivity contribution in [3.05, 3.63) is 28.0 Å². The molecule has 0 N–H and O–H groups in total. The van der Waals surface area contributed by atoms with Gasteiger partial charge in [0.05, 0.1) is 6.61 Å². The molecule has 1 aromatic rings. The van der Waals surface area contributed by atoms with Gasteiger partial charge in [-0.3, -0.25) is 0 Å². The van der Waals surface area contributed by atoms with Crippen LogP contribution in [0.25, 0.3) is 0 Å². The molecule has 1 heterocycles. The van der Waals surface area contributed by atoms with Crippen molar-refractivity contribution in [2.24, 2.45) is 5.92 Å². The minimum atomic E-state index is 0.418. The third-order valence-electron chi connectivity index (χ3n) is 2.52. The summed E-state index contributed by atoms with van der Waals surface area (Å²) in [5.41, 5.74) is 0.900. The predicted octanol–water partition coefficient (Wildman–Crippen LogP) is 3.71. The summed E-state index contributed by atoms with van der Waals surface area (Å²) >= 11 is 11.6. The first-order valence-electron chi connectivity index (χ1n) is 5.14. The molecule has 0 saturated heterocycles. The summed E-state index contributed by atoms with van der Waals surface area (Å²) in [6.45, 7) is 1.33. The maximum atomic E-state index is 5.91. The summed E-state index contributed by atoms with van der Waals surface area (Å²) in [6, 6.07) is 3.59. The maximum Gasteiger partial charge on any atom is 0.136 e. The molecule has 2 nitrogen and oxygen atoms in total. The van der Waals surface area contributed by atoms with Gasteiger partial charge >= 0.3 is 0 Å². The van der Waals surface area contributed by atoms with Crippen LogP contribution >= 0.6 is 23.2 Å².